The van der Waals surface area contributed by atoms with Crippen LogP contribution in [0.25, 0.3) is 0 Å². The first-order valence-corrected chi connectivity index (χ1v) is 9.73. The molecular formula is C15H14N4OS3. The number of amides is 1. The molecule has 8 heteroatoms. The maximum atomic E-state index is 12.5. The van der Waals surface area contributed by atoms with Gasteiger partial charge in [-0.1, -0.05) is 30.4 Å². The molecule has 0 saturated carbocycles. The predicted molar refractivity (Wildman–Crippen MR) is 95.4 cm³/mol. The van der Waals surface area contributed by atoms with E-state index in [-0.39, 0.29) is 5.91 Å². The number of carbonyl (C=O) groups is 1. The molecule has 2 heterocycles. The average Bonchev–Trinajstić information content (AvgIpc) is 3.24. The van der Waals surface area contributed by atoms with Gasteiger partial charge in [0.25, 0.3) is 5.91 Å². The Labute approximate surface area is 146 Å². The fourth-order valence-corrected chi connectivity index (χ4v) is 4.14. The minimum absolute atomic E-state index is 0.162. The quantitative estimate of drug-likeness (QED) is 0.669. The van der Waals surface area contributed by atoms with Crippen LogP contribution in [0.3, 0.4) is 0 Å². The Bertz CT molecular complexity index is 786. The Hall–Kier alpha value is -1.77. The van der Waals surface area contributed by atoms with Gasteiger partial charge in [-0.15, -0.1) is 33.3 Å². The molecule has 3 rings (SSSR count). The van der Waals surface area contributed by atoms with Crippen molar-refractivity contribution in [1.29, 1.82) is 0 Å². The Kier molecular flexibility index (Phi) is 5.37. The van der Waals surface area contributed by atoms with Gasteiger partial charge in [0.15, 0.2) is 0 Å². The van der Waals surface area contributed by atoms with Gasteiger partial charge in [0.1, 0.15) is 5.01 Å². The molecule has 1 amide bonds. The van der Waals surface area contributed by atoms with Crippen LogP contribution in [0.2, 0.25) is 0 Å². The fourth-order valence-electron chi connectivity index (χ4n) is 1.85. The van der Waals surface area contributed by atoms with Gasteiger partial charge in [0.2, 0.25) is 5.13 Å². The number of aromatic nitrogens is 3. The molecule has 0 fully saturated rings. The number of rotatable bonds is 6. The summed E-state index contributed by atoms with van der Waals surface area (Å²) in [6, 6.07) is 7.56. The Morgan fingerprint density at radius 2 is 2.17 bits per heavy atom. The number of thioether (sulfide) groups is 1. The number of carbonyl (C=O) groups excluding carboxylic acids is 1. The number of benzene rings is 1. The molecule has 0 spiro atoms. The molecule has 0 unspecified atom stereocenters. The summed E-state index contributed by atoms with van der Waals surface area (Å²) in [4.78, 5) is 17.7. The molecule has 0 bridgehead atoms. The number of thiazole rings is 1. The first kappa shape index (κ1) is 16.1. The number of hydrogen-bond donors (Lipinski definition) is 1. The first-order chi connectivity index (χ1) is 11.3. The van der Waals surface area contributed by atoms with Crippen LogP contribution in [0.4, 0.5) is 5.13 Å². The first-order valence-electron chi connectivity index (χ1n) is 6.99. The highest BCUT2D eigenvalue weighted by Gasteiger charge is 2.14. The van der Waals surface area contributed by atoms with Crippen molar-refractivity contribution in [2.45, 2.75) is 24.0 Å². The lowest BCUT2D eigenvalue weighted by molar-refractivity contribution is 0.102. The standard InChI is InChI=1S/C15H14N4OS3/c1-2-13-18-19-15(23-13)17-14(20)11-5-3-4-6-12(11)22-8-10-7-21-9-16-10/h3-7,9H,2,8H2,1H3,(H,17,19,20). The molecule has 5 nitrogen and oxygen atoms in total. The van der Waals surface area contributed by atoms with Crippen molar-refractivity contribution in [3.8, 4) is 0 Å². The monoisotopic (exact) mass is 362 g/mol. The van der Waals surface area contributed by atoms with E-state index in [1.54, 1.807) is 23.1 Å². The van der Waals surface area contributed by atoms with Crippen LogP contribution in [-0.2, 0) is 12.2 Å². The van der Waals surface area contributed by atoms with Crippen molar-refractivity contribution < 1.29 is 4.79 Å². The van der Waals surface area contributed by atoms with Gasteiger partial charge >= 0.3 is 0 Å². The molecule has 1 N–H and O–H groups in total. The summed E-state index contributed by atoms with van der Waals surface area (Å²) in [6.45, 7) is 2.01. The summed E-state index contributed by atoms with van der Waals surface area (Å²) in [5, 5.41) is 14.3. The second-order valence-electron chi connectivity index (χ2n) is 4.57. The Morgan fingerprint density at radius 3 is 2.91 bits per heavy atom. The molecule has 0 aliphatic rings. The van der Waals surface area contributed by atoms with E-state index in [0.29, 0.717) is 10.7 Å². The lowest BCUT2D eigenvalue weighted by atomic mass is 10.2. The lowest BCUT2D eigenvalue weighted by Gasteiger charge is -2.07. The topological polar surface area (TPSA) is 67.8 Å². The van der Waals surface area contributed by atoms with Gasteiger partial charge in [-0.25, -0.2) is 4.98 Å². The van der Waals surface area contributed by atoms with Gasteiger partial charge in [-0.3, -0.25) is 10.1 Å². The molecule has 0 saturated heterocycles. The van der Waals surface area contributed by atoms with Crippen LogP contribution in [0.1, 0.15) is 28.0 Å². The number of anilines is 1. The SMILES string of the molecule is CCc1nnc(NC(=O)c2ccccc2SCc2cscn2)s1. The maximum Gasteiger partial charge on any atom is 0.258 e. The van der Waals surface area contributed by atoms with Crippen LogP contribution < -0.4 is 5.32 Å². The highest BCUT2D eigenvalue weighted by atomic mass is 32.2. The second kappa shape index (κ2) is 7.67. The zero-order valence-electron chi connectivity index (χ0n) is 12.4. The van der Waals surface area contributed by atoms with Gasteiger partial charge in [-0.05, 0) is 18.6 Å². The van der Waals surface area contributed by atoms with E-state index in [1.165, 1.54) is 11.3 Å². The molecular weight excluding hydrogens is 348 g/mol. The van der Waals surface area contributed by atoms with E-state index in [9.17, 15) is 4.79 Å². The highest BCUT2D eigenvalue weighted by molar-refractivity contribution is 7.98. The largest absolute Gasteiger partial charge is 0.296 e. The Morgan fingerprint density at radius 1 is 1.30 bits per heavy atom. The smallest absolute Gasteiger partial charge is 0.258 e. The Balaban J connectivity index is 1.72. The number of nitrogens with one attached hydrogen (secondary N) is 1. The molecule has 2 aromatic heterocycles. The maximum absolute atomic E-state index is 12.5. The summed E-state index contributed by atoms with van der Waals surface area (Å²) in [5.74, 6) is 0.581. The average molecular weight is 363 g/mol. The predicted octanol–water partition coefficient (Wildman–Crippen LogP) is 4.10. The summed E-state index contributed by atoms with van der Waals surface area (Å²) >= 11 is 4.58. The van der Waals surface area contributed by atoms with Crippen molar-refractivity contribution in [3.05, 3.63) is 51.4 Å². The summed E-state index contributed by atoms with van der Waals surface area (Å²) in [6.07, 6.45) is 0.813. The van der Waals surface area contributed by atoms with Crippen LogP contribution in [0.15, 0.2) is 40.1 Å². The van der Waals surface area contributed by atoms with Crippen molar-refractivity contribution >= 4 is 45.5 Å². The molecule has 23 heavy (non-hydrogen) atoms. The number of nitrogens with zero attached hydrogens (tertiary/aromatic N) is 3. The van der Waals surface area contributed by atoms with Crippen LogP contribution in [0, 0.1) is 0 Å². The van der Waals surface area contributed by atoms with Crippen molar-refractivity contribution in [1.82, 2.24) is 15.2 Å². The number of aryl methyl sites for hydroxylation is 1. The van der Waals surface area contributed by atoms with Crippen molar-refractivity contribution in [3.63, 3.8) is 0 Å². The zero-order valence-corrected chi connectivity index (χ0v) is 14.8. The van der Waals surface area contributed by atoms with E-state index in [1.807, 2.05) is 42.1 Å². The molecule has 1 aromatic carbocycles. The third-order valence-electron chi connectivity index (χ3n) is 2.98. The number of hydrogen-bond acceptors (Lipinski definition) is 7. The molecule has 0 aliphatic heterocycles. The van der Waals surface area contributed by atoms with Gasteiger partial charge in [0, 0.05) is 16.0 Å². The molecule has 0 aliphatic carbocycles. The van der Waals surface area contributed by atoms with Crippen LogP contribution in [0.5, 0.6) is 0 Å². The normalized spacial score (nSPS) is 10.7. The van der Waals surface area contributed by atoms with Gasteiger partial charge in [0.05, 0.1) is 16.8 Å². The van der Waals surface area contributed by atoms with E-state index in [2.05, 4.69) is 20.5 Å². The van der Waals surface area contributed by atoms with Crippen LogP contribution in [-0.4, -0.2) is 21.1 Å². The van der Waals surface area contributed by atoms with E-state index in [0.717, 1.165) is 27.8 Å². The van der Waals surface area contributed by atoms with Crippen LogP contribution >= 0.6 is 34.4 Å². The third-order valence-corrected chi connectivity index (χ3v) is 5.71. The summed E-state index contributed by atoms with van der Waals surface area (Å²) in [7, 11) is 0. The molecule has 0 atom stereocenters. The molecule has 3 aromatic rings. The second-order valence-corrected chi connectivity index (χ2v) is 7.37. The third kappa shape index (κ3) is 4.15. The molecule has 0 radical (unpaired) electrons. The molecule has 118 valence electrons. The van der Waals surface area contributed by atoms with E-state index >= 15 is 0 Å². The van der Waals surface area contributed by atoms with Crippen molar-refractivity contribution in [2.24, 2.45) is 0 Å². The van der Waals surface area contributed by atoms with E-state index in [4.69, 9.17) is 0 Å². The minimum Gasteiger partial charge on any atom is -0.296 e. The highest BCUT2D eigenvalue weighted by Crippen LogP contribution is 2.27. The lowest BCUT2D eigenvalue weighted by Crippen LogP contribution is -2.12. The van der Waals surface area contributed by atoms with Gasteiger partial charge < -0.3 is 0 Å². The zero-order chi connectivity index (χ0) is 16.1. The van der Waals surface area contributed by atoms with Crippen molar-refractivity contribution in [2.75, 3.05) is 5.32 Å². The van der Waals surface area contributed by atoms with E-state index < -0.39 is 0 Å². The fraction of sp³-hybridized carbons (Fsp3) is 0.200. The summed E-state index contributed by atoms with van der Waals surface area (Å²) < 4.78 is 0. The summed E-state index contributed by atoms with van der Waals surface area (Å²) in [5.41, 5.74) is 3.47. The minimum atomic E-state index is -0.162. The van der Waals surface area contributed by atoms with Gasteiger partial charge in [-0.2, -0.15) is 0 Å².